The highest BCUT2D eigenvalue weighted by molar-refractivity contribution is 6.06. The maximum absolute atomic E-state index is 12.5. The van der Waals surface area contributed by atoms with Crippen molar-refractivity contribution in [3.63, 3.8) is 0 Å². The Bertz CT molecular complexity index is 781. The molecule has 0 aliphatic carbocycles. The van der Waals surface area contributed by atoms with Crippen molar-refractivity contribution in [2.45, 2.75) is 33.6 Å². The zero-order chi connectivity index (χ0) is 21.8. The molecular weight excluding hydrogens is 372 g/mol. The van der Waals surface area contributed by atoms with Crippen molar-refractivity contribution in [2.24, 2.45) is 0 Å². The first-order valence-corrected chi connectivity index (χ1v) is 9.51. The first-order chi connectivity index (χ1) is 13.8. The molecule has 0 heterocycles. The fourth-order valence-electron chi connectivity index (χ4n) is 2.57. The van der Waals surface area contributed by atoms with Gasteiger partial charge < -0.3 is 14.5 Å². The van der Waals surface area contributed by atoms with Crippen LogP contribution in [0.2, 0.25) is 0 Å². The molecule has 1 aromatic carbocycles. The smallest absolute Gasteiger partial charge is 0.330 e. The Balaban J connectivity index is 3.08. The van der Waals surface area contributed by atoms with E-state index in [2.05, 4.69) is 4.74 Å². The van der Waals surface area contributed by atoms with Gasteiger partial charge >= 0.3 is 5.97 Å². The minimum absolute atomic E-state index is 0.195. The molecule has 0 N–H and O–H groups in total. The lowest BCUT2D eigenvalue weighted by molar-refractivity contribution is -0.135. The van der Waals surface area contributed by atoms with E-state index in [0.29, 0.717) is 24.5 Å². The van der Waals surface area contributed by atoms with Crippen LogP contribution >= 0.6 is 0 Å². The molecular formula is C22H28N2O5. The van der Waals surface area contributed by atoms with Crippen LogP contribution in [0, 0.1) is 0 Å². The molecule has 1 rings (SSSR count). The lowest BCUT2D eigenvalue weighted by Gasteiger charge is -2.24. The van der Waals surface area contributed by atoms with Crippen molar-refractivity contribution in [3.8, 4) is 0 Å². The number of ketones is 1. The first-order valence-electron chi connectivity index (χ1n) is 9.51. The molecule has 0 aliphatic heterocycles. The van der Waals surface area contributed by atoms with E-state index in [1.807, 2.05) is 13.8 Å². The van der Waals surface area contributed by atoms with Gasteiger partial charge in [0.15, 0.2) is 5.78 Å². The molecule has 0 saturated carbocycles. The van der Waals surface area contributed by atoms with Gasteiger partial charge in [-0.2, -0.15) is 0 Å². The van der Waals surface area contributed by atoms with Gasteiger partial charge in [0, 0.05) is 42.7 Å². The highest BCUT2D eigenvalue weighted by Gasteiger charge is 2.16. The van der Waals surface area contributed by atoms with E-state index in [9.17, 15) is 19.2 Å². The fourth-order valence-corrected chi connectivity index (χ4v) is 2.57. The van der Waals surface area contributed by atoms with E-state index in [4.69, 9.17) is 0 Å². The number of allylic oxidation sites excluding steroid dienone is 1. The number of hydrogen-bond acceptors (Lipinski definition) is 5. The predicted molar refractivity (Wildman–Crippen MR) is 113 cm³/mol. The van der Waals surface area contributed by atoms with Crippen LogP contribution in [0.4, 0.5) is 11.4 Å². The highest BCUT2D eigenvalue weighted by Crippen LogP contribution is 2.22. The minimum Gasteiger partial charge on any atom is -0.466 e. The molecule has 0 unspecified atom stereocenters. The van der Waals surface area contributed by atoms with Gasteiger partial charge in [-0.1, -0.05) is 13.8 Å². The molecule has 0 radical (unpaired) electrons. The summed E-state index contributed by atoms with van der Waals surface area (Å²) in [5.41, 5.74) is 1.32. The highest BCUT2D eigenvalue weighted by atomic mass is 16.5. The van der Waals surface area contributed by atoms with Crippen molar-refractivity contribution in [3.05, 3.63) is 48.6 Å². The van der Waals surface area contributed by atoms with Crippen molar-refractivity contribution in [1.29, 1.82) is 0 Å². The van der Waals surface area contributed by atoms with Crippen molar-refractivity contribution in [2.75, 3.05) is 30.0 Å². The second kappa shape index (κ2) is 12.3. The number of amides is 2. The molecule has 0 spiro atoms. The van der Waals surface area contributed by atoms with Gasteiger partial charge in [-0.05, 0) is 50.1 Å². The maximum Gasteiger partial charge on any atom is 0.330 e. The molecule has 0 atom stereocenters. The number of benzene rings is 1. The molecule has 29 heavy (non-hydrogen) atoms. The number of rotatable bonds is 10. The average molecular weight is 400 g/mol. The van der Waals surface area contributed by atoms with E-state index in [1.165, 1.54) is 32.3 Å². The van der Waals surface area contributed by atoms with E-state index >= 15 is 0 Å². The van der Waals surface area contributed by atoms with Gasteiger partial charge in [0.1, 0.15) is 0 Å². The molecule has 0 aromatic heterocycles. The number of nitrogens with zero attached hydrogens (tertiary/aromatic N) is 2. The third-order valence-corrected chi connectivity index (χ3v) is 3.92. The molecule has 156 valence electrons. The monoisotopic (exact) mass is 400 g/mol. The van der Waals surface area contributed by atoms with Crippen molar-refractivity contribution in [1.82, 2.24) is 0 Å². The van der Waals surface area contributed by atoms with E-state index in [0.717, 1.165) is 18.9 Å². The van der Waals surface area contributed by atoms with Gasteiger partial charge in [-0.25, -0.2) is 4.79 Å². The molecule has 0 saturated heterocycles. The molecule has 0 fully saturated rings. The van der Waals surface area contributed by atoms with Crippen LogP contribution in [0.3, 0.4) is 0 Å². The summed E-state index contributed by atoms with van der Waals surface area (Å²) in [7, 11) is 1.24. The second-order valence-electron chi connectivity index (χ2n) is 6.30. The number of ether oxygens (including phenoxy) is 1. The number of carbonyl (C=O) groups is 4. The number of carbonyl (C=O) groups excluding carboxylic acids is 4. The minimum atomic E-state index is -0.600. The topological polar surface area (TPSA) is 84.0 Å². The Kier molecular flexibility index (Phi) is 10.1. The fraction of sp³-hybridized carbons (Fsp3) is 0.364. The van der Waals surface area contributed by atoms with E-state index < -0.39 is 5.97 Å². The van der Waals surface area contributed by atoms with Gasteiger partial charge in [0.2, 0.25) is 0 Å². The third-order valence-electron chi connectivity index (χ3n) is 3.92. The Labute approximate surface area is 171 Å². The van der Waals surface area contributed by atoms with Crippen LogP contribution in [-0.2, 0) is 23.9 Å². The average Bonchev–Trinajstić information content (AvgIpc) is 2.72. The summed E-state index contributed by atoms with van der Waals surface area (Å²) in [5.74, 6) is -1.41. The van der Waals surface area contributed by atoms with Crippen LogP contribution in [0.25, 0.3) is 0 Å². The Morgan fingerprint density at radius 3 is 1.55 bits per heavy atom. The summed E-state index contributed by atoms with van der Waals surface area (Å²) < 4.78 is 4.51. The SMILES string of the molecule is CCCN(C(=O)/C=C\C(C)=O)c1ccc(N(CCC)C(=O)/C=C\C(=O)OC)cc1. The Morgan fingerprint density at radius 2 is 1.21 bits per heavy atom. The molecule has 2 amide bonds. The van der Waals surface area contributed by atoms with Gasteiger partial charge in [-0.3, -0.25) is 14.4 Å². The quantitative estimate of drug-likeness (QED) is 0.445. The first kappa shape index (κ1) is 23.8. The van der Waals surface area contributed by atoms with Crippen molar-refractivity contribution >= 4 is 34.9 Å². The summed E-state index contributed by atoms with van der Waals surface area (Å²) >= 11 is 0. The largest absolute Gasteiger partial charge is 0.466 e. The molecule has 7 nitrogen and oxygen atoms in total. The second-order valence-corrected chi connectivity index (χ2v) is 6.30. The molecule has 0 bridgehead atoms. The zero-order valence-corrected chi connectivity index (χ0v) is 17.4. The standard InChI is InChI=1S/C22H28N2O5/c1-5-15-23(20(26)12-7-17(3)25)18-8-10-19(11-9-18)24(16-6-2)21(27)13-14-22(28)29-4/h7-14H,5-6,15-16H2,1-4H3/b12-7-,14-13-. The lowest BCUT2D eigenvalue weighted by Crippen LogP contribution is -2.31. The van der Waals surface area contributed by atoms with Crippen LogP contribution in [0.15, 0.2) is 48.6 Å². The number of anilines is 2. The van der Waals surface area contributed by atoms with E-state index in [-0.39, 0.29) is 17.6 Å². The number of esters is 1. The lowest BCUT2D eigenvalue weighted by atomic mass is 10.2. The van der Waals surface area contributed by atoms with Crippen LogP contribution in [-0.4, -0.2) is 43.8 Å². The van der Waals surface area contributed by atoms with E-state index in [1.54, 1.807) is 34.1 Å². The van der Waals surface area contributed by atoms with Gasteiger partial charge in [-0.15, -0.1) is 0 Å². The summed E-state index contributed by atoms with van der Waals surface area (Å²) in [6.07, 6.45) is 6.25. The van der Waals surface area contributed by atoms with Crippen LogP contribution < -0.4 is 9.80 Å². The third kappa shape index (κ3) is 7.73. The molecule has 7 heteroatoms. The van der Waals surface area contributed by atoms with Gasteiger partial charge in [0.05, 0.1) is 7.11 Å². The normalized spacial score (nSPS) is 10.9. The summed E-state index contributed by atoms with van der Waals surface area (Å²) in [6, 6.07) is 7.01. The van der Waals surface area contributed by atoms with Crippen LogP contribution in [0.1, 0.15) is 33.6 Å². The Hall–Kier alpha value is -3.22. The molecule has 1 aromatic rings. The summed E-state index contributed by atoms with van der Waals surface area (Å²) in [4.78, 5) is 50.3. The maximum atomic E-state index is 12.5. The number of hydrogen-bond donors (Lipinski definition) is 0. The van der Waals surface area contributed by atoms with Crippen LogP contribution in [0.5, 0.6) is 0 Å². The van der Waals surface area contributed by atoms with Crippen molar-refractivity contribution < 1.29 is 23.9 Å². The summed E-state index contributed by atoms with van der Waals surface area (Å²) in [5, 5.41) is 0. The Morgan fingerprint density at radius 1 is 0.793 bits per heavy atom. The van der Waals surface area contributed by atoms with Gasteiger partial charge in [0.25, 0.3) is 11.8 Å². The zero-order valence-electron chi connectivity index (χ0n) is 17.4. The summed E-state index contributed by atoms with van der Waals surface area (Å²) in [6.45, 7) is 6.26. The molecule has 0 aliphatic rings. The number of methoxy groups -OCH3 is 1. The predicted octanol–water partition coefficient (Wildman–Crippen LogP) is 3.05.